The van der Waals surface area contributed by atoms with Crippen molar-refractivity contribution in [3.8, 4) is 5.75 Å². The summed E-state index contributed by atoms with van der Waals surface area (Å²) in [5.41, 5.74) is 7.85. The lowest BCUT2D eigenvalue weighted by molar-refractivity contribution is 0.0514. The van der Waals surface area contributed by atoms with Gasteiger partial charge < -0.3 is 14.7 Å². The first-order valence-corrected chi connectivity index (χ1v) is 10.3. The Labute approximate surface area is 171 Å². The van der Waals surface area contributed by atoms with Crippen LogP contribution in [-0.4, -0.2) is 48.3 Å². The third-order valence-corrected chi connectivity index (χ3v) is 6.20. The van der Waals surface area contributed by atoms with Gasteiger partial charge in [-0.15, -0.1) is 0 Å². The van der Waals surface area contributed by atoms with Gasteiger partial charge in [-0.2, -0.15) is 0 Å². The normalized spacial score (nSPS) is 24.5. The van der Waals surface area contributed by atoms with E-state index in [9.17, 15) is 9.50 Å². The Morgan fingerprint density at radius 3 is 2.79 bits per heavy atom. The van der Waals surface area contributed by atoms with E-state index in [0.29, 0.717) is 11.3 Å². The lowest BCUT2D eigenvalue weighted by Gasteiger charge is -2.36. The van der Waals surface area contributed by atoms with Gasteiger partial charge in [0.05, 0.1) is 24.9 Å². The fraction of sp³-hybridized carbons (Fsp3) is 0.500. The lowest BCUT2D eigenvalue weighted by Crippen LogP contribution is -2.40. The molecule has 0 saturated carbocycles. The van der Waals surface area contributed by atoms with Crippen LogP contribution in [0.15, 0.2) is 42.6 Å². The van der Waals surface area contributed by atoms with Crippen molar-refractivity contribution < 1.29 is 14.2 Å². The number of methoxy groups -OCH3 is 1. The Morgan fingerprint density at radius 2 is 2.10 bits per heavy atom. The number of halogens is 1. The van der Waals surface area contributed by atoms with Crippen LogP contribution in [0.5, 0.6) is 5.75 Å². The molecule has 2 aliphatic heterocycles. The highest BCUT2D eigenvalue weighted by Crippen LogP contribution is 2.33. The van der Waals surface area contributed by atoms with Crippen LogP contribution in [0.1, 0.15) is 36.2 Å². The zero-order valence-corrected chi connectivity index (χ0v) is 16.7. The molecular formula is C22H29FN4O2. The summed E-state index contributed by atoms with van der Waals surface area (Å²) >= 11 is 0. The third kappa shape index (κ3) is 4.59. The summed E-state index contributed by atoms with van der Waals surface area (Å²) in [6.07, 6.45) is 3.10. The first-order valence-electron chi connectivity index (χ1n) is 10.3. The number of nitrogens with zero attached hydrogens (tertiary/aromatic N) is 2. The summed E-state index contributed by atoms with van der Waals surface area (Å²) < 4.78 is 19.7. The zero-order chi connectivity index (χ0) is 20.2. The second-order valence-corrected chi connectivity index (χ2v) is 7.99. The number of nitrogens with one attached hydrogen (secondary N) is 2. The van der Waals surface area contributed by atoms with Crippen molar-refractivity contribution in [3.63, 3.8) is 0 Å². The van der Waals surface area contributed by atoms with E-state index in [4.69, 9.17) is 4.74 Å². The van der Waals surface area contributed by atoms with Gasteiger partial charge >= 0.3 is 0 Å². The minimum atomic E-state index is -0.505. The number of hydrogen-bond acceptors (Lipinski definition) is 6. The highest BCUT2D eigenvalue weighted by Gasteiger charge is 2.34. The molecule has 0 aliphatic carbocycles. The molecule has 2 fully saturated rings. The van der Waals surface area contributed by atoms with Crippen LogP contribution in [0.2, 0.25) is 0 Å². The highest BCUT2D eigenvalue weighted by atomic mass is 19.1. The van der Waals surface area contributed by atoms with Gasteiger partial charge in [0.15, 0.2) is 0 Å². The monoisotopic (exact) mass is 400 g/mol. The molecule has 2 saturated heterocycles. The highest BCUT2D eigenvalue weighted by molar-refractivity contribution is 5.31. The molecule has 0 radical (unpaired) electrons. The fourth-order valence-corrected chi connectivity index (χ4v) is 4.50. The van der Waals surface area contributed by atoms with Crippen molar-refractivity contribution in [2.24, 2.45) is 11.8 Å². The maximum absolute atomic E-state index is 14.5. The number of rotatable bonds is 6. The molecule has 0 amide bonds. The second kappa shape index (κ2) is 9.17. The van der Waals surface area contributed by atoms with Gasteiger partial charge in [0.25, 0.3) is 0 Å². The van der Waals surface area contributed by atoms with E-state index < -0.39 is 6.10 Å². The number of benzene rings is 1. The number of hydrazine groups is 1. The lowest BCUT2D eigenvalue weighted by atomic mass is 9.88. The van der Waals surface area contributed by atoms with E-state index in [-0.39, 0.29) is 23.7 Å². The summed E-state index contributed by atoms with van der Waals surface area (Å²) in [4.78, 5) is 6.72. The molecule has 0 spiro atoms. The molecule has 29 heavy (non-hydrogen) atoms. The summed E-state index contributed by atoms with van der Waals surface area (Å²) in [6, 6.07) is 10.7. The molecule has 1 aromatic carbocycles. The van der Waals surface area contributed by atoms with Gasteiger partial charge in [-0.3, -0.25) is 10.4 Å². The summed E-state index contributed by atoms with van der Waals surface area (Å²) in [5, 5.41) is 10.6. The van der Waals surface area contributed by atoms with Crippen molar-refractivity contribution in [2.45, 2.75) is 25.0 Å². The molecule has 4 rings (SSSR count). The minimum absolute atomic E-state index is 0.0715. The van der Waals surface area contributed by atoms with Gasteiger partial charge in [-0.25, -0.2) is 9.82 Å². The fourth-order valence-electron chi connectivity index (χ4n) is 4.50. The topological polar surface area (TPSA) is 69.7 Å². The average molecular weight is 400 g/mol. The number of aliphatic hydroxyl groups excluding tert-OH is 1. The molecule has 3 atom stereocenters. The van der Waals surface area contributed by atoms with E-state index in [2.05, 4.69) is 20.7 Å². The molecule has 0 bridgehead atoms. The van der Waals surface area contributed by atoms with Crippen LogP contribution >= 0.6 is 0 Å². The molecule has 7 heteroatoms. The quantitative estimate of drug-likeness (QED) is 0.692. The third-order valence-electron chi connectivity index (χ3n) is 6.20. The van der Waals surface area contributed by atoms with Crippen LogP contribution in [0, 0.1) is 17.7 Å². The molecule has 3 N–H and O–H groups in total. The Balaban J connectivity index is 1.34. The molecule has 1 aromatic heterocycles. The molecule has 156 valence electrons. The molecule has 6 nitrogen and oxygen atoms in total. The molecular weight excluding hydrogens is 371 g/mol. The smallest absolute Gasteiger partial charge is 0.131 e. The summed E-state index contributed by atoms with van der Waals surface area (Å²) in [5.74, 6) is 0.793. The van der Waals surface area contributed by atoms with E-state index >= 15 is 0 Å². The maximum Gasteiger partial charge on any atom is 0.131 e. The summed E-state index contributed by atoms with van der Waals surface area (Å²) in [7, 11) is 1.54. The zero-order valence-electron chi connectivity index (χ0n) is 16.7. The number of aromatic nitrogens is 1. The number of hydrogen-bond donors (Lipinski definition) is 3. The number of pyridine rings is 1. The van der Waals surface area contributed by atoms with E-state index in [1.54, 1.807) is 25.4 Å². The maximum atomic E-state index is 14.5. The van der Waals surface area contributed by atoms with E-state index in [0.717, 1.165) is 44.7 Å². The Bertz CT molecular complexity index is 799. The van der Waals surface area contributed by atoms with Crippen molar-refractivity contribution in [1.82, 2.24) is 20.7 Å². The Morgan fingerprint density at radius 1 is 1.28 bits per heavy atom. The molecule has 3 unspecified atom stereocenters. The minimum Gasteiger partial charge on any atom is -0.497 e. The van der Waals surface area contributed by atoms with E-state index in [1.165, 1.54) is 6.07 Å². The second-order valence-electron chi connectivity index (χ2n) is 7.99. The number of aliphatic hydroxyl groups is 1. The van der Waals surface area contributed by atoms with Crippen LogP contribution in [0.3, 0.4) is 0 Å². The van der Waals surface area contributed by atoms with Crippen LogP contribution in [-0.2, 0) is 0 Å². The first kappa shape index (κ1) is 20.2. The Kier molecular flexibility index (Phi) is 6.40. The van der Waals surface area contributed by atoms with Crippen molar-refractivity contribution >= 4 is 0 Å². The first-order chi connectivity index (χ1) is 14.2. The van der Waals surface area contributed by atoms with Gasteiger partial charge in [-0.1, -0.05) is 12.1 Å². The number of ether oxygens (including phenoxy) is 1. The number of piperidine rings is 1. The molecule has 3 heterocycles. The largest absolute Gasteiger partial charge is 0.497 e. The average Bonchev–Trinajstić information content (AvgIpc) is 3.22. The van der Waals surface area contributed by atoms with Crippen molar-refractivity contribution in [2.75, 3.05) is 33.3 Å². The van der Waals surface area contributed by atoms with Crippen LogP contribution < -0.4 is 15.6 Å². The Hall–Kier alpha value is -2.06. The molecule has 2 aliphatic rings. The number of likely N-dealkylation sites (tertiary alicyclic amines) is 1. The van der Waals surface area contributed by atoms with Crippen molar-refractivity contribution in [3.05, 3.63) is 59.7 Å². The van der Waals surface area contributed by atoms with Gasteiger partial charge in [0, 0.05) is 36.8 Å². The SMILES string of the molecule is COc1ccc(C2NNCC2CN2CCC(C(O)c3ccccn3)CC2)c(F)c1. The van der Waals surface area contributed by atoms with Gasteiger partial charge in [0.2, 0.25) is 0 Å². The summed E-state index contributed by atoms with van der Waals surface area (Å²) in [6.45, 7) is 3.56. The standard InChI is InChI=1S/C22H29FN4O2/c1-29-17-5-6-18(19(23)12-17)21-16(13-25-26-21)14-27-10-7-15(8-11-27)22(28)20-4-2-3-9-24-20/h2-6,9,12,15-16,21-22,25-26,28H,7-8,10-11,13-14H2,1H3. The van der Waals surface area contributed by atoms with Crippen LogP contribution in [0.25, 0.3) is 0 Å². The van der Waals surface area contributed by atoms with Gasteiger partial charge in [0.1, 0.15) is 11.6 Å². The predicted molar refractivity (Wildman–Crippen MR) is 109 cm³/mol. The van der Waals surface area contributed by atoms with E-state index in [1.807, 2.05) is 18.2 Å². The van der Waals surface area contributed by atoms with Crippen molar-refractivity contribution in [1.29, 1.82) is 0 Å². The molecule has 2 aromatic rings. The van der Waals surface area contributed by atoms with Gasteiger partial charge in [-0.05, 0) is 50.0 Å². The predicted octanol–water partition coefficient (Wildman–Crippen LogP) is 2.44. The van der Waals surface area contributed by atoms with Crippen LogP contribution in [0.4, 0.5) is 4.39 Å².